The van der Waals surface area contributed by atoms with Crippen molar-refractivity contribution in [1.82, 2.24) is 0 Å². The first kappa shape index (κ1) is 11.4. The molecule has 0 saturated heterocycles. The Hall–Kier alpha value is -0.650. The van der Waals surface area contributed by atoms with Crippen molar-refractivity contribution in [3.63, 3.8) is 0 Å². The van der Waals surface area contributed by atoms with Crippen molar-refractivity contribution in [2.45, 2.75) is 6.10 Å². The minimum Gasteiger partial charge on any atom is -0.466 e. The fraction of sp³-hybridized carbons (Fsp3) is 0.222. The Morgan fingerprint density at radius 1 is 1.79 bits per heavy atom. The van der Waals surface area contributed by atoms with Crippen molar-refractivity contribution in [2.24, 2.45) is 0 Å². The molecule has 1 aromatic heterocycles. The minimum absolute atomic E-state index is 0.0376. The van der Waals surface area contributed by atoms with Gasteiger partial charge in [0.25, 0.3) is 0 Å². The fourth-order valence-corrected chi connectivity index (χ4v) is 2.51. The molecule has 1 heterocycles. The van der Waals surface area contributed by atoms with Crippen LogP contribution in [0.3, 0.4) is 0 Å². The quantitative estimate of drug-likeness (QED) is 0.681. The average Bonchev–Trinajstić information content (AvgIpc) is 2.61. The zero-order chi connectivity index (χ0) is 10.7. The van der Waals surface area contributed by atoms with Crippen LogP contribution in [0, 0.1) is 0 Å². The van der Waals surface area contributed by atoms with Crippen LogP contribution >= 0.6 is 27.3 Å². The maximum Gasteiger partial charge on any atom is 0.336 e. The van der Waals surface area contributed by atoms with Gasteiger partial charge in [-0.3, -0.25) is 0 Å². The summed E-state index contributed by atoms with van der Waals surface area (Å²) in [6, 6.07) is 1.80. The zero-order valence-corrected chi connectivity index (χ0v) is 9.89. The van der Waals surface area contributed by atoms with E-state index in [0.29, 0.717) is 4.88 Å². The first-order chi connectivity index (χ1) is 6.57. The number of carbonyl (C=O) groups excluding carboxylic acids is 1. The van der Waals surface area contributed by atoms with Crippen LogP contribution in [0.5, 0.6) is 0 Å². The molecule has 0 saturated carbocycles. The summed E-state index contributed by atoms with van der Waals surface area (Å²) in [5, 5.41) is 11.6. The summed E-state index contributed by atoms with van der Waals surface area (Å²) in [7, 11) is 1.25. The van der Waals surface area contributed by atoms with Crippen LogP contribution < -0.4 is 0 Å². The van der Waals surface area contributed by atoms with Crippen molar-refractivity contribution in [1.29, 1.82) is 0 Å². The van der Waals surface area contributed by atoms with E-state index in [0.717, 1.165) is 4.47 Å². The SMILES string of the molecule is C=C(C(=O)OC)C(O)c1sccc1Br. The number of hydrogen-bond donors (Lipinski definition) is 1. The molecule has 1 rings (SSSR count). The van der Waals surface area contributed by atoms with E-state index in [4.69, 9.17) is 0 Å². The van der Waals surface area contributed by atoms with E-state index in [1.54, 1.807) is 6.07 Å². The smallest absolute Gasteiger partial charge is 0.336 e. The van der Waals surface area contributed by atoms with Gasteiger partial charge in [0.15, 0.2) is 0 Å². The summed E-state index contributed by atoms with van der Waals surface area (Å²) in [4.78, 5) is 11.7. The maximum atomic E-state index is 11.1. The normalized spacial score (nSPS) is 12.2. The molecule has 0 fully saturated rings. The van der Waals surface area contributed by atoms with Gasteiger partial charge in [0.2, 0.25) is 0 Å². The Morgan fingerprint density at radius 2 is 2.43 bits per heavy atom. The molecule has 14 heavy (non-hydrogen) atoms. The molecule has 1 atom stereocenters. The van der Waals surface area contributed by atoms with Gasteiger partial charge in [-0.05, 0) is 27.4 Å². The number of aliphatic hydroxyl groups is 1. The number of methoxy groups -OCH3 is 1. The molecular weight excluding hydrogens is 268 g/mol. The molecule has 0 aliphatic rings. The largest absolute Gasteiger partial charge is 0.466 e. The number of halogens is 1. The molecule has 76 valence electrons. The first-order valence-electron chi connectivity index (χ1n) is 3.76. The monoisotopic (exact) mass is 276 g/mol. The van der Waals surface area contributed by atoms with Gasteiger partial charge in [0.1, 0.15) is 6.10 Å². The van der Waals surface area contributed by atoms with E-state index in [-0.39, 0.29) is 5.57 Å². The van der Waals surface area contributed by atoms with Crippen LogP contribution in [-0.2, 0) is 9.53 Å². The Kier molecular flexibility index (Phi) is 3.86. The number of carbonyl (C=O) groups is 1. The third kappa shape index (κ3) is 2.23. The topological polar surface area (TPSA) is 46.5 Å². The molecule has 1 unspecified atom stereocenters. The molecule has 1 aromatic rings. The lowest BCUT2D eigenvalue weighted by atomic mass is 10.1. The average molecular weight is 277 g/mol. The fourth-order valence-electron chi connectivity index (χ4n) is 0.902. The molecule has 0 aromatic carbocycles. The summed E-state index contributed by atoms with van der Waals surface area (Å²) >= 11 is 4.61. The lowest BCUT2D eigenvalue weighted by Crippen LogP contribution is -2.11. The number of rotatable bonds is 3. The zero-order valence-electron chi connectivity index (χ0n) is 7.49. The Labute approximate surface area is 94.1 Å². The first-order valence-corrected chi connectivity index (χ1v) is 5.43. The third-order valence-corrected chi connectivity index (χ3v) is 3.59. The predicted octanol–water partition coefficient (Wildman–Crippen LogP) is 2.27. The number of esters is 1. The van der Waals surface area contributed by atoms with Crippen molar-refractivity contribution in [3.05, 3.63) is 32.9 Å². The van der Waals surface area contributed by atoms with E-state index in [1.165, 1.54) is 18.4 Å². The second kappa shape index (κ2) is 4.72. The molecule has 0 aliphatic carbocycles. The lowest BCUT2D eigenvalue weighted by Gasteiger charge is -2.10. The Bertz CT molecular complexity index is 359. The summed E-state index contributed by atoms with van der Waals surface area (Å²) in [6.07, 6.45) is -1.00. The van der Waals surface area contributed by atoms with Gasteiger partial charge in [-0.25, -0.2) is 4.79 Å². The molecule has 0 spiro atoms. The maximum absolute atomic E-state index is 11.1. The second-order valence-electron chi connectivity index (χ2n) is 2.55. The van der Waals surface area contributed by atoms with E-state index >= 15 is 0 Å². The highest BCUT2D eigenvalue weighted by molar-refractivity contribution is 9.10. The van der Waals surface area contributed by atoms with Crippen LogP contribution in [0.4, 0.5) is 0 Å². The molecule has 1 N–H and O–H groups in total. The highest BCUT2D eigenvalue weighted by Gasteiger charge is 2.21. The van der Waals surface area contributed by atoms with E-state index in [1.807, 2.05) is 5.38 Å². The molecule has 3 nitrogen and oxygen atoms in total. The molecular formula is C9H9BrO3S. The van der Waals surface area contributed by atoms with Crippen LogP contribution in [0.1, 0.15) is 11.0 Å². The number of ether oxygens (including phenoxy) is 1. The van der Waals surface area contributed by atoms with Gasteiger partial charge in [-0.1, -0.05) is 6.58 Å². The minimum atomic E-state index is -1.00. The number of hydrogen-bond acceptors (Lipinski definition) is 4. The highest BCUT2D eigenvalue weighted by Crippen LogP contribution is 2.32. The van der Waals surface area contributed by atoms with Crippen molar-refractivity contribution in [2.75, 3.05) is 7.11 Å². The van der Waals surface area contributed by atoms with Gasteiger partial charge in [0, 0.05) is 4.47 Å². The molecule has 0 aliphatic heterocycles. The summed E-state index contributed by atoms with van der Waals surface area (Å²) in [5.41, 5.74) is 0.0376. The Balaban J connectivity index is 2.86. The van der Waals surface area contributed by atoms with E-state index < -0.39 is 12.1 Å². The molecule has 0 bridgehead atoms. The molecule has 0 radical (unpaired) electrons. The van der Waals surface area contributed by atoms with Gasteiger partial charge in [-0.2, -0.15) is 0 Å². The van der Waals surface area contributed by atoms with Gasteiger partial charge < -0.3 is 9.84 Å². The highest BCUT2D eigenvalue weighted by atomic mass is 79.9. The number of thiophene rings is 1. The van der Waals surface area contributed by atoms with Gasteiger partial charge in [0.05, 0.1) is 17.6 Å². The van der Waals surface area contributed by atoms with Crippen LogP contribution in [0.2, 0.25) is 0 Å². The van der Waals surface area contributed by atoms with E-state index in [9.17, 15) is 9.90 Å². The predicted molar refractivity (Wildman–Crippen MR) is 58.1 cm³/mol. The van der Waals surface area contributed by atoms with Gasteiger partial charge in [-0.15, -0.1) is 11.3 Å². The summed E-state index contributed by atoms with van der Waals surface area (Å²) in [6.45, 7) is 3.48. The summed E-state index contributed by atoms with van der Waals surface area (Å²) < 4.78 is 5.23. The standard InChI is InChI=1S/C9H9BrO3S/c1-5(9(12)13-2)7(11)8-6(10)3-4-14-8/h3-4,7,11H,1H2,2H3. The van der Waals surface area contributed by atoms with Crippen molar-refractivity contribution in [3.8, 4) is 0 Å². The third-order valence-electron chi connectivity index (χ3n) is 1.67. The van der Waals surface area contributed by atoms with Crippen LogP contribution in [0.15, 0.2) is 28.1 Å². The Morgan fingerprint density at radius 3 is 2.86 bits per heavy atom. The molecule has 0 amide bonds. The second-order valence-corrected chi connectivity index (χ2v) is 4.35. The van der Waals surface area contributed by atoms with Crippen molar-refractivity contribution >= 4 is 33.2 Å². The number of aliphatic hydroxyl groups excluding tert-OH is 1. The van der Waals surface area contributed by atoms with Crippen LogP contribution in [-0.4, -0.2) is 18.2 Å². The summed E-state index contributed by atoms with van der Waals surface area (Å²) in [5.74, 6) is -0.599. The lowest BCUT2D eigenvalue weighted by molar-refractivity contribution is -0.137. The van der Waals surface area contributed by atoms with Crippen molar-refractivity contribution < 1.29 is 14.6 Å². The van der Waals surface area contributed by atoms with Gasteiger partial charge >= 0.3 is 5.97 Å². The van der Waals surface area contributed by atoms with E-state index in [2.05, 4.69) is 27.2 Å². The van der Waals surface area contributed by atoms with Crippen LogP contribution in [0.25, 0.3) is 0 Å². The molecule has 5 heteroatoms.